The summed E-state index contributed by atoms with van der Waals surface area (Å²) in [6, 6.07) is 4.49. The number of nitrogens with one attached hydrogen (secondary N) is 1. The van der Waals surface area contributed by atoms with Crippen molar-refractivity contribution in [2.75, 3.05) is 23.3 Å². The zero-order valence-corrected chi connectivity index (χ0v) is 18.1. The van der Waals surface area contributed by atoms with E-state index in [2.05, 4.69) is 15.5 Å². The number of rotatable bonds is 5. The molecule has 1 unspecified atom stereocenters. The van der Waals surface area contributed by atoms with Gasteiger partial charge in [-0.3, -0.25) is 9.69 Å². The third-order valence-electron chi connectivity index (χ3n) is 5.89. The molecule has 5 rings (SSSR count). The Morgan fingerprint density at radius 3 is 2.69 bits per heavy atom. The van der Waals surface area contributed by atoms with E-state index >= 15 is 0 Å². The maximum Gasteiger partial charge on any atom is 0.352 e. The van der Waals surface area contributed by atoms with Crippen molar-refractivity contribution >= 4 is 51.8 Å². The Kier molecular flexibility index (Phi) is 4.93. The molecule has 2 saturated heterocycles. The molecule has 2 aromatic rings. The first-order chi connectivity index (χ1) is 15.3. The van der Waals surface area contributed by atoms with Crippen LogP contribution in [0.3, 0.4) is 0 Å². The van der Waals surface area contributed by atoms with E-state index in [1.165, 1.54) is 45.0 Å². The first-order valence-electron chi connectivity index (χ1n) is 9.73. The highest BCUT2D eigenvalue weighted by molar-refractivity contribution is 8.01. The Balaban J connectivity index is 1.35. The van der Waals surface area contributed by atoms with E-state index in [-0.39, 0.29) is 23.4 Å². The number of piperidine rings is 1. The second-order valence-corrected chi connectivity index (χ2v) is 9.81. The van der Waals surface area contributed by atoms with Crippen molar-refractivity contribution < 1.29 is 24.6 Å². The van der Waals surface area contributed by atoms with Crippen LogP contribution in [0.25, 0.3) is 0 Å². The van der Waals surface area contributed by atoms with Gasteiger partial charge in [-0.25, -0.2) is 9.59 Å². The van der Waals surface area contributed by atoms with E-state index in [0.29, 0.717) is 39.5 Å². The van der Waals surface area contributed by atoms with Crippen molar-refractivity contribution in [1.29, 1.82) is 0 Å². The minimum atomic E-state index is -1.15. The van der Waals surface area contributed by atoms with Gasteiger partial charge in [-0.15, -0.1) is 10.2 Å². The SMILES string of the molecule is Nc1nnc(SCC2=C(C(=O)O)N3C(=O)[C@@H]4[C@H]3C2CCN4C(=O)Nc2ccc(O)cc2)s1. The van der Waals surface area contributed by atoms with Gasteiger partial charge in [0.15, 0.2) is 4.34 Å². The van der Waals surface area contributed by atoms with Crippen LogP contribution in [0.4, 0.5) is 15.6 Å². The first-order valence-corrected chi connectivity index (χ1v) is 11.5. The number of likely N-dealkylation sites (tertiary alicyclic amines) is 1. The van der Waals surface area contributed by atoms with E-state index in [1.807, 2.05) is 0 Å². The third kappa shape index (κ3) is 3.24. The van der Waals surface area contributed by atoms with Gasteiger partial charge in [0.1, 0.15) is 17.5 Å². The number of anilines is 2. The average Bonchev–Trinajstić information content (AvgIpc) is 3.32. The van der Waals surface area contributed by atoms with Gasteiger partial charge in [0.05, 0.1) is 6.04 Å². The maximum absolute atomic E-state index is 12.9. The molecule has 5 N–H and O–H groups in total. The fourth-order valence-electron chi connectivity index (χ4n) is 4.57. The number of β-lactam (4-membered cyclic amide) rings is 1. The topological polar surface area (TPSA) is 162 Å². The van der Waals surface area contributed by atoms with Gasteiger partial charge in [0.25, 0.3) is 5.91 Å². The number of thioether (sulfide) groups is 1. The Labute approximate surface area is 189 Å². The number of aromatic nitrogens is 2. The summed E-state index contributed by atoms with van der Waals surface area (Å²) >= 11 is 2.56. The van der Waals surface area contributed by atoms with Gasteiger partial charge in [0.2, 0.25) is 5.13 Å². The van der Waals surface area contributed by atoms with E-state index in [0.717, 1.165) is 0 Å². The lowest BCUT2D eigenvalue weighted by molar-refractivity contribution is -0.160. The minimum absolute atomic E-state index is 0.00651. The van der Waals surface area contributed by atoms with Crippen LogP contribution >= 0.6 is 23.1 Å². The number of nitrogen functional groups attached to an aromatic ring is 1. The zero-order chi connectivity index (χ0) is 22.6. The second-order valence-electron chi connectivity index (χ2n) is 7.58. The third-order valence-corrected chi connectivity index (χ3v) is 7.82. The number of hydrogen-bond donors (Lipinski definition) is 4. The van der Waals surface area contributed by atoms with Crippen molar-refractivity contribution in [3.63, 3.8) is 0 Å². The molecule has 2 fully saturated rings. The second kappa shape index (κ2) is 7.67. The van der Waals surface area contributed by atoms with Crippen LogP contribution < -0.4 is 11.1 Å². The number of hydrogen-bond acceptors (Lipinski definition) is 9. The van der Waals surface area contributed by atoms with Crippen LogP contribution in [0.2, 0.25) is 0 Å². The number of amides is 3. The van der Waals surface area contributed by atoms with Gasteiger partial charge in [-0.1, -0.05) is 23.1 Å². The lowest BCUT2D eigenvalue weighted by atomic mass is 9.78. The van der Waals surface area contributed by atoms with E-state index in [9.17, 15) is 24.6 Å². The van der Waals surface area contributed by atoms with Crippen molar-refractivity contribution in [2.24, 2.45) is 5.92 Å². The number of phenols is 1. The normalized spacial score (nSPS) is 23.8. The molecule has 0 spiro atoms. The molecule has 1 aromatic heterocycles. The summed E-state index contributed by atoms with van der Waals surface area (Å²) in [5.74, 6) is -1.25. The first kappa shape index (κ1) is 20.6. The molecule has 0 aliphatic carbocycles. The summed E-state index contributed by atoms with van der Waals surface area (Å²) in [6.07, 6.45) is 0.541. The Morgan fingerprint density at radius 2 is 2.03 bits per heavy atom. The monoisotopic (exact) mass is 474 g/mol. The highest BCUT2D eigenvalue weighted by Gasteiger charge is 2.64. The molecule has 166 valence electrons. The zero-order valence-electron chi connectivity index (χ0n) is 16.5. The predicted molar refractivity (Wildman–Crippen MR) is 116 cm³/mol. The Morgan fingerprint density at radius 1 is 1.28 bits per heavy atom. The number of aliphatic carboxylic acids is 1. The number of carboxylic acid groups (broad SMARTS) is 1. The minimum Gasteiger partial charge on any atom is -0.508 e. The van der Waals surface area contributed by atoms with E-state index in [1.54, 1.807) is 12.1 Å². The summed E-state index contributed by atoms with van der Waals surface area (Å²) < 4.78 is 0.627. The van der Waals surface area contributed by atoms with Gasteiger partial charge in [-0.2, -0.15) is 0 Å². The molecule has 0 radical (unpaired) electrons. The van der Waals surface area contributed by atoms with Crippen molar-refractivity contribution in [1.82, 2.24) is 20.0 Å². The summed E-state index contributed by atoms with van der Waals surface area (Å²) in [5.41, 5.74) is 6.79. The smallest absolute Gasteiger partial charge is 0.352 e. The largest absolute Gasteiger partial charge is 0.508 e. The van der Waals surface area contributed by atoms with Crippen LogP contribution in [0.1, 0.15) is 6.42 Å². The van der Waals surface area contributed by atoms with Crippen molar-refractivity contribution in [2.45, 2.75) is 22.8 Å². The quantitative estimate of drug-likeness (QED) is 0.285. The molecule has 3 amide bonds. The number of carbonyl (C=O) groups is 3. The molecule has 0 saturated carbocycles. The lowest BCUT2D eigenvalue weighted by Crippen LogP contribution is -2.74. The molecule has 1 aromatic carbocycles. The van der Waals surface area contributed by atoms with E-state index in [4.69, 9.17) is 5.73 Å². The van der Waals surface area contributed by atoms with Gasteiger partial charge < -0.3 is 26.2 Å². The molecule has 3 aliphatic rings. The van der Waals surface area contributed by atoms with Crippen molar-refractivity contribution in [3.8, 4) is 5.75 Å². The van der Waals surface area contributed by atoms with E-state index < -0.39 is 23.9 Å². The number of urea groups is 1. The molecule has 4 heterocycles. The highest BCUT2D eigenvalue weighted by atomic mass is 32.2. The number of benzene rings is 1. The molecule has 0 bridgehead atoms. The summed E-state index contributed by atoms with van der Waals surface area (Å²) in [5, 5.41) is 30.0. The molecule has 3 atom stereocenters. The molecule has 11 nitrogen and oxygen atoms in total. The van der Waals surface area contributed by atoms with Crippen molar-refractivity contribution in [3.05, 3.63) is 35.5 Å². The highest BCUT2D eigenvalue weighted by Crippen LogP contribution is 2.50. The predicted octanol–water partition coefficient (Wildman–Crippen LogP) is 1.40. The summed E-state index contributed by atoms with van der Waals surface area (Å²) in [4.78, 5) is 40.6. The summed E-state index contributed by atoms with van der Waals surface area (Å²) in [7, 11) is 0. The fraction of sp³-hybridized carbons (Fsp3) is 0.316. The molecule has 3 aliphatic heterocycles. The molecule has 32 heavy (non-hydrogen) atoms. The number of nitrogens with zero attached hydrogens (tertiary/aromatic N) is 4. The number of nitrogens with two attached hydrogens (primary N) is 1. The van der Waals surface area contributed by atoms with Crippen LogP contribution in [0.15, 0.2) is 39.9 Å². The fourth-order valence-corrected chi connectivity index (χ4v) is 6.31. The van der Waals surface area contributed by atoms with Crippen LogP contribution in [0.5, 0.6) is 5.75 Å². The Hall–Kier alpha value is -3.32. The summed E-state index contributed by atoms with van der Waals surface area (Å²) in [6.45, 7) is 0.322. The number of phenolic OH excluding ortho intramolecular Hbond substituents is 1. The lowest BCUT2D eigenvalue weighted by Gasteiger charge is -2.53. The molecular formula is C19H18N6O5S2. The van der Waals surface area contributed by atoms with Gasteiger partial charge >= 0.3 is 12.0 Å². The maximum atomic E-state index is 12.9. The standard InChI is InChI=1S/C19H18N6O5S2/c20-17-22-23-19(32-17)31-7-11-10-5-6-24(18(30)21-8-1-3-9(26)4-2-8)14-12(10)25(15(14)27)13(11)16(28)29/h1-4,10,12,14,26H,5-7H2,(H2,20,22)(H,21,30)(H,28,29)/t10?,12-,14+/m1/s1. The van der Waals surface area contributed by atoms with Gasteiger partial charge in [-0.05, 0) is 36.3 Å². The van der Waals surface area contributed by atoms with Gasteiger partial charge in [0, 0.05) is 23.9 Å². The average molecular weight is 475 g/mol. The number of aromatic hydroxyl groups is 1. The van der Waals surface area contributed by atoms with Crippen LogP contribution in [-0.4, -0.2) is 72.5 Å². The Bertz CT molecular complexity index is 1150. The molecular weight excluding hydrogens is 456 g/mol. The van der Waals surface area contributed by atoms with Crippen LogP contribution in [0, 0.1) is 5.92 Å². The van der Waals surface area contributed by atoms with Crippen LogP contribution in [-0.2, 0) is 9.59 Å². The molecule has 13 heteroatoms. The number of carbonyl (C=O) groups excluding carboxylic acids is 2. The number of carboxylic acids is 1.